The van der Waals surface area contributed by atoms with Crippen molar-refractivity contribution >= 4 is 71.2 Å². The smallest absolute Gasteiger partial charge is 0.138 e. The van der Waals surface area contributed by atoms with Gasteiger partial charge in [-0.1, -0.05) is 28.1 Å². The molecule has 0 atom stereocenters. The Morgan fingerprint density at radius 1 is 1.17 bits per heavy atom. The number of hydrogen-bond acceptors (Lipinski definition) is 1. The van der Waals surface area contributed by atoms with Crippen molar-refractivity contribution in [3.63, 3.8) is 0 Å². The number of halogens is 3. The molecule has 0 unspecified atom stereocenters. The van der Waals surface area contributed by atoms with Gasteiger partial charge in [0.1, 0.15) is 5.49 Å². The second kappa shape index (κ2) is 4.69. The summed E-state index contributed by atoms with van der Waals surface area (Å²) in [5, 5.41) is 2.82. The van der Waals surface area contributed by atoms with E-state index in [1.807, 2.05) is 12.1 Å². The minimum atomic E-state index is 0.883. The summed E-state index contributed by atoms with van der Waals surface area (Å²) in [7, 11) is 0. The van der Waals surface area contributed by atoms with Crippen LogP contribution in [0.1, 0.15) is 0 Å². The van der Waals surface area contributed by atoms with E-state index >= 15 is 0 Å². The maximum Gasteiger partial charge on any atom is 0.138 e. The number of nitrogens with one attached hydrogen (secondary N) is 1. The number of anilines is 1. The van der Waals surface area contributed by atoms with E-state index in [9.17, 15) is 0 Å². The van der Waals surface area contributed by atoms with E-state index in [0.717, 1.165) is 19.1 Å². The number of hydrogen-bond donors (Lipinski definition) is 1. The largest absolute Gasteiger partial charge is 0.342 e. The highest BCUT2D eigenvalue weighted by molar-refractivity contribution is 9.11. The summed E-state index contributed by atoms with van der Waals surface area (Å²) < 4.78 is 2.86. The van der Waals surface area contributed by atoms with Gasteiger partial charge in [-0.2, -0.15) is 0 Å². The summed E-state index contributed by atoms with van der Waals surface area (Å²) in [6, 6.07) is 3.86. The van der Waals surface area contributed by atoms with E-state index in [4.69, 9.17) is 0 Å². The molecule has 63 valence electrons. The molecule has 0 aliphatic rings. The molecule has 0 aliphatic carbocycles. The zero-order chi connectivity index (χ0) is 9.14. The Labute approximate surface area is 101 Å². The van der Waals surface area contributed by atoms with Crippen LogP contribution in [0.25, 0.3) is 0 Å². The van der Waals surface area contributed by atoms with Crippen LogP contribution in [0.3, 0.4) is 0 Å². The van der Waals surface area contributed by atoms with Crippen LogP contribution in [0.2, 0.25) is 0 Å². The molecule has 0 aliphatic heterocycles. The van der Waals surface area contributed by atoms with Crippen molar-refractivity contribution in [3.8, 4) is 0 Å². The van der Waals surface area contributed by atoms with Crippen molar-refractivity contribution in [3.05, 3.63) is 25.6 Å². The molecule has 12 heavy (non-hydrogen) atoms. The third-order valence-corrected chi connectivity index (χ3v) is 2.99. The van der Waals surface area contributed by atoms with Crippen LogP contribution in [0, 0.1) is 0 Å². The first-order chi connectivity index (χ1) is 5.65. The highest BCUT2D eigenvalue weighted by Gasteiger charge is 2.04. The first-order valence-electron chi connectivity index (χ1n) is 2.93. The Kier molecular flexibility index (Phi) is 4.16. The van der Waals surface area contributed by atoms with Gasteiger partial charge >= 0.3 is 0 Å². The van der Waals surface area contributed by atoms with E-state index in [-0.39, 0.29) is 0 Å². The second-order valence-corrected chi connectivity index (χ2v) is 4.80. The van der Waals surface area contributed by atoms with Crippen molar-refractivity contribution in [2.45, 2.75) is 0 Å². The molecule has 1 N–H and O–H groups in total. The minimum Gasteiger partial charge on any atom is -0.342 e. The molecule has 0 spiro atoms. The molecular formula is C7H3Br3NS. The summed E-state index contributed by atoms with van der Waals surface area (Å²) in [5.74, 6) is 0. The van der Waals surface area contributed by atoms with E-state index in [0.29, 0.717) is 0 Å². The fraction of sp³-hybridized carbons (Fsp3) is 0. The van der Waals surface area contributed by atoms with E-state index < -0.39 is 0 Å². The summed E-state index contributed by atoms with van der Waals surface area (Å²) in [6.07, 6.45) is 0. The van der Waals surface area contributed by atoms with Gasteiger partial charge < -0.3 is 5.32 Å². The second-order valence-electron chi connectivity index (χ2n) is 1.97. The molecule has 1 radical (unpaired) electrons. The Hall–Kier alpha value is 0.550. The van der Waals surface area contributed by atoms with Gasteiger partial charge in [0.2, 0.25) is 0 Å². The number of thiocarbonyl (C=S) groups is 1. The Morgan fingerprint density at radius 2 is 1.67 bits per heavy atom. The van der Waals surface area contributed by atoms with Gasteiger partial charge in [0, 0.05) is 13.4 Å². The van der Waals surface area contributed by atoms with Crippen molar-refractivity contribution in [1.29, 1.82) is 0 Å². The van der Waals surface area contributed by atoms with Crippen molar-refractivity contribution in [1.82, 2.24) is 0 Å². The van der Waals surface area contributed by atoms with Crippen LogP contribution < -0.4 is 5.32 Å². The lowest BCUT2D eigenvalue weighted by atomic mass is 10.3. The molecule has 5 heteroatoms. The van der Waals surface area contributed by atoms with Crippen LogP contribution in [0.4, 0.5) is 5.69 Å². The van der Waals surface area contributed by atoms with Gasteiger partial charge in [-0.25, -0.2) is 0 Å². The fourth-order valence-electron chi connectivity index (χ4n) is 0.713. The third-order valence-electron chi connectivity index (χ3n) is 1.18. The summed E-state index contributed by atoms with van der Waals surface area (Å²) in [4.78, 5) is 0. The quantitative estimate of drug-likeness (QED) is 0.616. The van der Waals surface area contributed by atoms with Gasteiger partial charge in [0.25, 0.3) is 0 Å². The minimum absolute atomic E-state index is 0.883. The normalized spacial score (nSPS) is 9.58. The predicted molar refractivity (Wildman–Crippen MR) is 65.8 cm³/mol. The molecule has 0 bridgehead atoms. The topological polar surface area (TPSA) is 12.0 Å². The van der Waals surface area contributed by atoms with Crippen LogP contribution in [0.15, 0.2) is 25.6 Å². The van der Waals surface area contributed by atoms with Crippen LogP contribution in [0.5, 0.6) is 0 Å². The van der Waals surface area contributed by atoms with Gasteiger partial charge in [0.15, 0.2) is 0 Å². The van der Waals surface area contributed by atoms with E-state index in [2.05, 4.69) is 70.8 Å². The van der Waals surface area contributed by atoms with Crippen molar-refractivity contribution in [2.75, 3.05) is 5.32 Å². The molecule has 0 amide bonds. The SMILES string of the molecule is S=[C]Nc1c(Br)cc(Br)cc1Br. The molecule has 1 aromatic rings. The highest BCUT2D eigenvalue weighted by atomic mass is 79.9. The molecule has 1 aromatic carbocycles. The average molecular weight is 373 g/mol. The maximum atomic E-state index is 4.57. The summed E-state index contributed by atoms with van der Waals surface area (Å²) in [5.41, 5.74) is 3.33. The van der Waals surface area contributed by atoms with Crippen molar-refractivity contribution in [2.24, 2.45) is 0 Å². The highest BCUT2D eigenvalue weighted by Crippen LogP contribution is 2.33. The lowest BCUT2D eigenvalue weighted by Gasteiger charge is -2.05. The zero-order valence-electron chi connectivity index (χ0n) is 5.70. The Bertz CT molecular complexity index is 291. The molecule has 0 aromatic heterocycles. The molecule has 1 rings (SSSR count). The molecular weight excluding hydrogens is 370 g/mol. The molecule has 0 fully saturated rings. The van der Waals surface area contributed by atoms with Gasteiger partial charge in [-0.05, 0) is 44.0 Å². The molecule has 0 saturated heterocycles. The van der Waals surface area contributed by atoms with E-state index in [1.54, 1.807) is 0 Å². The zero-order valence-corrected chi connectivity index (χ0v) is 11.3. The standard InChI is InChI=1S/C7H3Br3NS/c8-4-1-5(9)7(11-3-12)6(10)2-4/h1-2H,(H,11,12). The molecule has 0 heterocycles. The van der Waals surface area contributed by atoms with Crippen molar-refractivity contribution < 1.29 is 0 Å². The predicted octanol–water partition coefficient (Wildman–Crippen LogP) is 4.22. The maximum absolute atomic E-state index is 4.57. The summed E-state index contributed by atoms with van der Waals surface area (Å²) in [6.45, 7) is 0. The average Bonchev–Trinajstić information content (AvgIpc) is 1.96. The van der Waals surface area contributed by atoms with Gasteiger partial charge in [0.05, 0.1) is 5.69 Å². The van der Waals surface area contributed by atoms with Gasteiger partial charge in [-0.15, -0.1) is 0 Å². The van der Waals surface area contributed by atoms with Gasteiger partial charge in [-0.3, -0.25) is 0 Å². The summed E-state index contributed by atoms with van der Waals surface area (Å²) >= 11 is 14.7. The number of benzene rings is 1. The van der Waals surface area contributed by atoms with Crippen LogP contribution >= 0.6 is 60.0 Å². The fourth-order valence-corrected chi connectivity index (χ4v) is 3.27. The Balaban J connectivity index is 3.18. The first-order valence-corrected chi connectivity index (χ1v) is 5.71. The lowest BCUT2D eigenvalue weighted by Crippen LogP contribution is -1.94. The molecule has 0 saturated carbocycles. The first kappa shape index (κ1) is 10.6. The van der Waals surface area contributed by atoms with Crippen LogP contribution in [-0.2, 0) is 0 Å². The Morgan fingerprint density at radius 3 is 2.08 bits per heavy atom. The van der Waals surface area contributed by atoms with E-state index in [1.165, 1.54) is 0 Å². The lowest BCUT2D eigenvalue weighted by molar-refractivity contribution is 1.54. The molecule has 1 nitrogen and oxygen atoms in total. The third kappa shape index (κ3) is 2.52. The van der Waals surface area contributed by atoms with Crippen LogP contribution in [-0.4, -0.2) is 5.49 Å². The monoisotopic (exact) mass is 370 g/mol. The number of rotatable bonds is 2.